The molecule has 0 fully saturated rings. The smallest absolute Gasteiger partial charge is 0.247 e. The molecule has 0 aliphatic carbocycles. The number of rotatable bonds is 3. The van der Waals surface area contributed by atoms with Gasteiger partial charge in [0.2, 0.25) is 5.91 Å². The highest BCUT2D eigenvalue weighted by atomic mass is 16.1. The molecule has 1 rings (SSSR count). The fourth-order valence-electron chi connectivity index (χ4n) is 0.982. The number of carbonyl (C=O) groups excluding carboxylic acids is 2. The lowest BCUT2D eigenvalue weighted by atomic mass is 10.1. The third kappa shape index (κ3) is 2.55. The van der Waals surface area contributed by atoms with Gasteiger partial charge in [-0.25, -0.2) is 0 Å². The molecule has 0 aliphatic rings. The summed E-state index contributed by atoms with van der Waals surface area (Å²) < 4.78 is 0. The van der Waals surface area contributed by atoms with Gasteiger partial charge in [-0.05, 0) is 37.3 Å². The molecular formula is C11H11NO2. The normalized spacial score (nSPS) is 9.21. The van der Waals surface area contributed by atoms with E-state index in [1.807, 2.05) is 0 Å². The number of carbonyl (C=O) groups is 2. The first-order chi connectivity index (χ1) is 6.63. The monoisotopic (exact) mass is 189 g/mol. The van der Waals surface area contributed by atoms with Gasteiger partial charge in [0.05, 0.1) is 0 Å². The zero-order valence-corrected chi connectivity index (χ0v) is 7.91. The molecule has 0 radical (unpaired) electrons. The summed E-state index contributed by atoms with van der Waals surface area (Å²) in [4.78, 5) is 21.8. The summed E-state index contributed by atoms with van der Waals surface area (Å²) in [5, 5.41) is 2.59. The maximum absolute atomic E-state index is 10.9. The van der Waals surface area contributed by atoms with E-state index in [1.54, 1.807) is 24.3 Å². The van der Waals surface area contributed by atoms with Crippen LogP contribution in [0, 0.1) is 0 Å². The van der Waals surface area contributed by atoms with Crippen LogP contribution in [0.4, 0.5) is 5.69 Å². The summed E-state index contributed by atoms with van der Waals surface area (Å²) >= 11 is 0. The highest BCUT2D eigenvalue weighted by Gasteiger charge is 1.99. The molecule has 0 saturated heterocycles. The number of Topliss-reactive ketones (excluding diaryl/α,β-unsaturated/α-hetero) is 1. The number of ketones is 1. The predicted molar refractivity (Wildman–Crippen MR) is 55.3 cm³/mol. The Hall–Kier alpha value is -1.90. The van der Waals surface area contributed by atoms with Crippen LogP contribution in [0.25, 0.3) is 0 Å². The van der Waals surface area contributed by atoms with Crippen molar-refractivity contribution in [2.45, 2.75) is 6.92 Å². The van der Waals surface area contributed by atoms with Gasteiger partial charge in [0.15, 0.2) is 5.78 Å². The Bertz CT molecular complexity index is 365. The van der Waals surface area contributed by atoms with Gasteiger partial charge in [0, 0.05) is 11.3 Å². The predicted octanol–water partition coefficient (Wildman–Crippen LogP) is 2.01. The number of amides is 1. The van der Waals surface area contributed by atoms with Gasteiger partial charge in [0.1, 0.15) is 0 Å². The minimum absolute atomic E-state index is 0.00611. The van der Waals surface area contributed by atoms with Crippen LogP contribution in [0.15, 0.2) is 36.9 Å². The molecule has 3 heteroatoms. The number of nitrogens with one attached hydrogen (secondary N) is 1. The van der Waals surface area contributed by atoms with Crippen LogP contribution in [0.3, 0.4) is 0 Å². The minimum atomic E-state index is -0.263. The van der Waals surface area contributed by atoms with Crippen LogP contribution in [0.1, 0.15) is 17.3 Å². The Kier molecular flexibility index (Phi) is 3.18. The van der Waals surface area contributed by atoms with Gasteiger partial charge in [-0.2, -0.15) is 0 Å². The molecule has 14 heavy (non-hydrogen) atoms. The second-order valence-corrected chi connectivity index (χ2v) is 2.83. The molecule has 0 atom stereocenters. The zero-order chi connectivity index (χ0) is 10.6. The minimum Gasteiger partial charge on any atom is -0.323 e. The van der Waals surface area contributed by atoms with Crippen molar-refractivity contribution in [1.29, 1.82) is 0 Å². The summed E-state index contributed by atoms with van der Waals surface area (Å²) in [5.74, 6) is -0.257. The number of hydrogen-bond acceptors (Lipinski definition) is 2. The molecule has 3 nitrogen and oxygen atoms in total. The van der Waals surface area contributed by atoms with Crippen molar-refractivity contribution in [3.05, 3.63) is 42.5 Å². The maximum Gasteiger partial charge on any atom is 0.247 e. The maximum atomic E-state index is 10.9. The largest absolute Gasteiger partial charge is 0.323 e. The van der Waals surface area contributed by atoms with E-state index in [0.717, 1.165) is 0 Å². The molecule has 0 aliphatic heterocycles. The van der Waals surface area contributed by atoms with E-state index in [0.29, 0.717) is 11.3 Å². The Labute approximate surface area is 82.4 Å². The fraction of sp³-hybridized carbons (Fsp3) is 0.0909. The molecule has 1 N–H and O–H groups in total. The van der Waals surface area contributed by atoms with Gasteiger partial charge < -0.3 is 5.32 Å². The summed E-state index contributed by atoms with van der Waals surface area (Å²) in [7, 11) is 0. The Morgan fingerprint density at radius 1 is 1.29 bits per heavy atom. The van der Waals surface area contributed by atoms with Crippen LogP contribution in [-0.2, 0) is 4.79 Å². The summed E-state index contributed by atoms with van der Waals surface area (Å²) in [5.41, 5.74) is 1.28. The molecular weight excluding hydrogens is 178 g/mol. The third-order valence-corrected chi connectivity index (χ3v) is 1.74. The van der Waals surface area contributed by atoms with Crippen LogP contribution in [0.2, 0.25) is 0 Å². The fourth-order valence-corrected chi connectivity index (χ4v) is 0.982. The Morgan fingerprint density at radius 3 is 2.29 bits per heavy atom. The molecule has 1 aromatic rings. The number of anilines is 1. The topological polar surface area (TPSA) is 46.2 Å². The highest BCUT2D eigenvalue weighted by molar-refractivity contribution is 5.99. The standard InChI is InChI=1S/C11H11NO2/c1-3-11(14)12-10-6-4-9(5-7-10)8(2)13/h3-7H,1H2,2H3,(H,12,14). The first-order valence-corrected chi connectivity index (χ1v) is 4.18. The van der Waals surface area contributed by atoms with Gasteiger partial charge in [-0.3, -0.25) is 9.59 Å². The van der Waals surface area contributed by atoms with E-state index >= 15 is 0 Å². The van der Waals surface area contributed by atoms with Gasteiger partial charge >= 0.3 is 0 Å². The van der Waals surface area contributed by atoms with E-state index < -0.39 is 0 Å². The quantitative estimate of drug-likeness (QED) is 0.584. The molecule has 0 bridgehead atoms. The second kappa shape index (κ2) is 4.37. The lowest BCUT2D eigenvalue weighted by Gasteiger charge is -2.02. The van der Waals surface area contributed by atoms with E-state index in [2.05, 4.69) is 11.9 Å². The molecule has 0 unspecified atom stereocenters. The second-order valence-electron chi connectivity index (χ2n) is 2.83. The molecule has 1 amide bonds. The van der Waals surface area contributed by atoms with E-state index in [1.165, 1.54) is 13.0 Å². The average molecular weight is 189 g/mol. The summed E-state index contributed by atoms with van der Waals surface area (Å²) in [6.07, 6.45) is 1.19. The zero-order valence-electron chi connectivity index (χ0n) is 7.91. The van der Waals surface area contributed by atoms with E-state index in [9.17, 15) is 9.59 Å². The van der Waals surface area contributed by atoms with Crippen molar-refractivity contribution < 1.29 is 9.59 Å². The number of hydrogen-bond donors (Lipinski definition) is 1. The van der Waals surface area contributed by atoms with Crippen LogP contribution in [-0.4, -0.2) is 11.7 Å². The van der Waals surface area contributed by atoms with Crippen molar-refractivity contribution in [3.8, 4) is 0 Å². The van der Waals surface area contributed by atoms with Crippen LogP contribution >= 0.6 is 0 Å². The van der Waals surface area contributed by atoms with Crippen LogP contribution < -0.4 is 5.32 Å². The third-order valence-electron chi connectivity index (χ3n) is 1.74. The SMILES string of the molecule is C=CC(=O)Nc1ccc(C(C)=O)cc1. The highest BCUT2D eigenvalue weighted by Crippen LogP contribution is 2.09. The Balaban J connectivity index is 2.78. The molecule has 0 aromatic heterocycles. The lowest BCUT2D eigenvalue weighted by molar-refractivity contribution is -0.111. The van der Waals surface area contributed by atoms with E-state index in [-0.39, 0.29) is 11.7 Å². The van der Waals surface area contributed by atoms with Gasteiger partial charge in [-0.1, -0.05) is 6.58 Å². The first kappa shape index (κ1) is 10.2. The number of benzene rings is 1. The average Bonchev–Trinajstić information content (AvgIpc) is 2.18. The molecule has 0 spiro atoms. The summed E-state index contributed by atoms with van der Waals surface area (Å²) in [6, 6.07) is 6.69. The van der Waals surface area contributed by atoms with Crippen molar-refractivity contribution in [2.75, 3.05) is 5.32 Å². The molecule has 0 heterocycles. The van der Waals surface area contributed by atoms with E-state index in [4.69, 9.17) is 0 Å². The van der Waals surface area contributed by atoms with Crippen molar-refractivity contribution in [1.82, 2.24) is 0 Å². The molecule has 1 aromatic carbocycles. The van der Waals surface area contributed by atoms with Crippen molar-refractivity contribution in [2.24, 2.45) is 0 Å². The molecule has 0 saturated carbocycles. The van der Waals surface area contributed by atoms with Gasteiger partial charge in [0.25, 0.3) is 0 Å². The summed E-state index contributed by atoms with van der Waals surface area (Å²) in [6.45, 7) is 4.83. The van der Waals surface area contributed by atoms with Crippen molar-refractivity contribution in [3.63, 3.8) is 0 Å². The Morgan fingerprint density at radius 2 is 1.86 bits per heavy atom. The lowest BCUT2D eigenvalue weighted by Crippen LogP contribution is -2.07. The molecule has 72 valence electrons. The van der Waals surface area contributed by atoms with Gasteiger partial charge in [-0.15, -0.1) is 0 Å². The van der Waals surface area contributed by atoms with Crippen LogP contribution in [0.5, 0.6) is 0 Å². The first-order valence-electron chi connectivity index (χ1n) is 4.18. The van der Waals surface area contributed by atoms with Crippen molar-refractivity contribution >= 4 is 17.4 Å².